The highest BCUT2D eigenvalue weighted by atomic mass is 35.5. The monoisotopic (exact) mass is 725 g/mol. The zero-order valence-electron chi connectivity index (χ0n) is 29.6. The molecule has 52 heavy (non-hydrogen) atoms. The lowest BCUT2D eigenvalue weighted by atomic mass is 9.69. The zero-order valence-corrected chi connectivity index (χ0v) is 30.3. The number of benzene rings is 3. The van der Waals surface area contributed by atoms with E-state index in [1.54, 1.807) is 6.07 Å². The first kappa shape index (κ1) is 33.7. The van der Waals surface area contributed by atoms with Crippen molar-refractivity contribution in [3.8, 4) is 5.69 Å². The lowest BCUT2D eigenvalue weighted by Gasteiger charge is -2.57. The fourth-order valence-corrected chi connectivity index (χ4v) is 10.1. The molecule has 9 rings (SSSR count). The van der Waals surface area contributed by atoms with Gasteiger partial charge in [0.05, 0.1) is 27.0 Å². The Bertz CT molecular complexity index is 2180. The van der Waals surface area contributed by atoms with Crippen molar-refractivity contribution in [2.45, 2.75) is 89.0 Å². The molecule has 0 radical (unpaired) electrons. The molecule has 0 bridgehead atoms. The van der Waals surface area contributed by atoms with Gasteiger partial charge in [-0.15, -0.1) is 0 Å². The Morgan fingerprint density at radius 3 is 2.31 bits per heavy atom. The molecule has 270 valence electrons. The first-order valence-corrected chi connectivity index (χ1v) is 19.0. The van der Waals surface area contributed by atoms with Gasteiger partial charge in [-0.1, -0.05) is 36.2 Å². The largest absolute Gasteiger partial charge is 0.371 e. The van der Waals surface area contributed by atoms with Crippen molar-refractivity contribution >= 4 is 45.7 Å². The molecule has 4 aliphatic heterocycles. The van der Waals surface area contributed by atoms with Gasteiger partial charge in [0.25, 0.3) is 5.56 Å². The summed E-state index contributed by atoms with van der Waals surface area (Å²) < 4.78 is 32.6. The van der Waals surface area contributed by atoms with Gasteiger partial charge in [-0.2, -0.15) is 4.98 Å². The second kappa shape index (κ2) is 12.2. The summed E-state index contributed by atoms with van der Waals surface area (Å²) in [7, 11) is 0. The highest BCUT2D eigenvalue weighted by Crippen LogP contribution is 2.48. The quantitative estimate of drug-likeness (QED) is 0.202. The number of nitrogens with zero attached hydrogens (tertiary/aromatic N) is 5. The van der Waals surface area contributed by atoms with Gasteiger partial charge in [0, 0.05) is 50.7 Å². The van der Waals surface area contributed by atoms with Crippen LogP contribution in [0, 0.1) is 17.0 Å². The molecule has 11 heteroatoms. The summed E-state index contributed by atoms with van der Waals surface area (Å²) in [5.74, 6) is -1.66. The van der Waals surface area contributed by atoms with Crippen LogP contribution in [0.15, 0.2) is 53.3 Å². The van der Waals surface area contributed by atoms with Crippen molar-refractivity contribution < 1.29 is 18.4 Å². The summed E-state index contributed by atoms with van der Waals surface area (Å²) >= 11 is 6.47. The summed E-state index contributed by atoms with van der Waals surface area (Å²) in [6, 6.07) is 15.4. The van der Waals surface area contributed by atoms with Crippen molar-refractivity contribution in [1.82, 2.24) is 14.5 Å². The first-order chi connectivity index (χ1) is 24.9. The molecule has 2 unspecified atom stereocenters. The smallest absolute Gasteiger partial charge is 0.282 e. The molecule has 5 heterocycles. The Morgan fingerprint density at radius 2 is 1.60 bits per heavy atom. The molecule has 4 fully saturated rings. The van der Waals surface area contributed by atoms with Gasteiger partial charge in [0.2, 0.25) is 11.8 Å². The minimum atomic E-state index is -0.873. The van der Waals surface area contributed by atoms with Crippen LogP contribution in [0.25, 0.3) is 16.6 Å². The van der Waals surface area contributed by atoms with Crippen LogP contribution in [-0.2, 0) is 15.0 Å². The van der Waals surface area contributed by atoms with E-state index in [-0.39, 0.29) is 23.8 Å². The van der Waals surface area contributed by atoms with Gasteiger partial charge in [-0.05, 0) is 105 Å². The maximum atomic E-state index is 15.2. The molecular weight excluding hydrogens is 684 g/mol. The maximum Gasteiger partial charge on any atom is 0.282 e. The zero-order chi connectivity index (χ0) is 36.1. The van der Waals surface area contributed by atoms with Gasteiger partial charge < -0.3 is 4.90 Å². The van der Waals surface area contributed by atoms with E-state index < -0.39 is 34.6 Å². The molecule has 0 N–H and O–H groups in total. The molecule has 2 amide bonds. The van der Waals surface area contributed by atoms with E-state index in [1.807, 2.05) is 17.0 Å². The van der Waals surface area contributed by atoms with E-state index in [0.717, 1.165) is 55.8 Å². The van der Waals surface area contributed by atoms with Crippen LogP contribution in [0.1, 0.15) is 94.5 Å². The SMILES string of the molecule is CC1(C)c2cc(C3CCCC(N4CC5(CCN(c6cc(F)c(N7C(=O)CCCC7=O)c(F)c6)CC5)C4)C3)ccc2-n2c1nc(=O)c1c(Cl)cccc12. The standard InChI is InChI=1S/C41H42ClF2N5O3/c1-40(2)28-19-25(12-13-32(28)48-33-9-4-8-29(42)36(33)38(52)45-39(40)48)24-6-3-7-26(18-24)47-22-41(23-47)14-16-46(17-15-41)27-20-30(43)37(31(44)21-27)49-34(50)10-5-11-35(49)51/h4,8-9,12-13,19-21,24,26H,3,5-7,10-11,14-18,22-23H2,1-2H3. The molecule has 4 aromatic rings. The summed E-state index contributed by atoms with van der Waals surface area (Å²) in [6.45, 7) is 7.79. The van der Waals surface area contributed by atoms with Crippen LogP contribution in [0.2, 0.25) is 5.02 Å². The summed E-state index contributed by atoms with van der Waals surface area (Å²) in [5.41, 5.74) is 3.78. The number of hydrogen-bond donors (Lipinski definition) is 0. The van der Waals surface area contributed by atoms with Crippen LogP contribution in [-0.4, -0.2) is 58.5 Å². The molecular formula is C41H42ClF2N5O3. The normalized spacial score (nSPS) is 23.9. The average molecular weight is 726 g/mol. The van der Waals surface area contributed by atoms with Crippen LogP contribution in [0.4, 0.5) is 20.2 Å². The molecule has 1 spiro atoms. The summed E-state index contributed by atoms with van der Waals surface area (Å²) in [6.07, 6.45) is 7.14. The van der Waals surface area contributed by atoms with Crippen LogP contribution >= 0.6 is 11.6 Å². The molecule has 2 atom stereocenters. The third-order valence-corrected chi connectivity index (χ3v) is 13.1. The summed E-state index contributed by atoms with van der Waals surface area (Å²) in [5, 5.41) is 0.874. The highest BCUT2D eigenvalue weighted by Gasteiger charge is 2.48. The first-order valence-electron chi connectivity index (χ1n) is 18.6. The topological polar surface area (TPSA) is 78.8 Å². The maximum absolute atomic E-state index is 15.2. The van der Waals surface area contributed by atoms with Crippen LogP contribution in [0.5, 0.6) is 0 Å². The molecule has 1 aromatic heterocycles. The molecule has 3 saturated heterocycles. The van der Waals surface area contributed by atoms with Gasteiger partial charge in [-0.3, -0.25) is 23.9 Å². The lowest BCUT2D eigenvalue weighted by molar-refractivity contribution is -0.129. The Balaban J connectivity index is 0.865. The number of imide groups is 1. The number of anilines is 2. The van der Waals surface area contributed by atoms with E-state index in [0.29, 0.717) is 52.5 Å². The van der Waals surface area contributed by atoms with E-state index in [4.69, 9.17) is 11.6 Å². The number of aromatic nitrogens is 2. The fraction of sp³-hybridized carbons (Fsp3) is 0.463. The van der Waals surface area contributed by atoms with Crippen molar-refractivity contribution in [2.24, 2.45) is 5.41 Å². The molecule has 8 nitrogen and oxygen atoms in total. The number of carbonyl (C=O) groups is 2. The number of amides is 2. The van der Waals surface area contributed by atoms with Gasteiger partial charge in [0.15, 0.2) is 11.6 Å². The average Bonchev–Trinajstić information content (AvgIpc) is 3.33. The molecule has 1 saturated carbocycles. The number of halogens is 3. The molecule has 5 aliphatic rings. The number of likely N-dealkylation sites (tertiary alicyclic amines) is 1. The second-order valence-electron chi connectivity index (χ2n) is 16.3. The van der Waals surface area contributed by atoms with Crippen LogP contribution < -0.4 is 15.4 Å². The Kier molecular flexibility index (Phi) is 7.90. The van der Waals surface area contributed by atoms with Crippen molar-refractivity contribution in [3.63, 3.8) is 0 Å². The Hall–Kier alpha value is -4.15. The van der Waals surface area contributed by atoms with Crippen molar-refractivity contribution in [2.75, 3.05) is 36.0 Å². The number of fused-ring (bicyclic) bond motifs is 5. The molecule has 1 aliphatic carbocycles. The number of carbonyl (C=O) groups excluding carboxylic acids is 2. The van der Waals surface area contributed by atoms with Crippen molar-refractivity contribution in [3.05, 3.63) is 92.5 Å². The third kappa shape index (κ3) is 5.23. The van der Waals surface area contributed by atoms with Gasteiger partial charge >= 0.3 is 0 Å². The third-order valence-electron chi connectivity index (χ3n) is 12.8. The van der Waals surface area contributed by atoms with E-state index >= 15 is 8.78 Å². The Morgan fingerprint density at radius 1 is 0.885 bits per heavy atom. The van der Waals surface area contributed by atoms with Gasteiger partial charge in [0.1, 0.15) is 11.5 Å². The van der Waals surface area contributed by atoms with E-state index in [2.05, 4.69) is 46.5 Å². The van der Waals surface area contributed by atoms with E-state index in [1.165, 1.54) is 36.1 Å². The minimum Gasteiger partial charge on any atom is -0.371 e. The van der Waals surface area contributed by atoms with Crippen molar-refractivity contribution in [1.29, 1.82) is 0 Å². The Labute approximate surface area is 306 Å². The lowest BCUT2D eigenvalue weighted by Crippen LogP contribution is -2.63. The number of piperidine rings is 2. The van der Waals surface area contributed by atoms with Crippen LogP contribution in [0.3, 0.4) is 0 Å². The number of hydrogen-bond acceptors (Lipinski definition) is 6. The molecule has 3 aromatic carbocycles. The second-order valence-corrected chi connectivity index (χ2v) is 16.7. The predicted octanol–water partition coefficient (Wildman–Crippen LogP) is 7.63. The highest BCUT2D eigenvalue weighted by molar-refractivity contribution is 6.35. The van der Waals surface area contributed by atoms with Gasteiger partial charge in [-0.25, -0.2) is 13.7 Å². The summed E-state index contributed by atoms with van der Waals surface area (Å²) in [4.78, 5) is 47.7. The fourth-order valence-electron chi connectivity index (χ4n) is 9.89. The number of rotatable bonds is 4. The minimum absolute atomic E-state index is 0.108. The van der Waals surface area contributed by atoms with E-state index in [9.17, 15) is 14.4 Å². The predicted molar refractivity (Wildman–Crippen MR) is 198 cm³/mol.